The number of rotatable bonds is 11. The van der Waals surface area contributed by atoms with Crippen LogP contribution in [-0.2, 0) is 10.0 Å². The summed E-state index contributed by atoms with van der Waals surface area (Å²) >= 11 is 6.37. The summed E-state index contributed by atoms with van der Waals surface area (Å²) in [5.74, 6) is 1.19. The Balaban J connectivity index is 1.55. The summed E-state index contributed by atoms with van der Waals surface area (Å²) in [6.45, 7) is 8.53. The predicted octanol–water partition coefficient (Wildman–Crippen LogP) is 4.50. The topological polar surface area (TPSA) is 121 Å². The van der Waals surface area contributed by atoms with Crippen molar-refractivity contribution in [1.82, 2.24) is 20.0 Å². The third-order valence-corrected chi connectivity index (χ3v) is 8.04. The Labute approximate surface area is 229 Å². The van der Waals surface area contributed by atoms with Gasteiger partial charge in [0.05, 0.1) is 24.7 Å². The van der Waals surface area contributed by atoms with E-state index < -0.39 is 10.0 Å². The lowest BCUT2D eigenvalue weighted by Crippen LogP contribution is -2.32. The summed E-state index contributed by atoms with van der Waals surface area (Å²) < 4.78 is 33.9. The number of nitrogens with one attached hydrogen (secondary N) is 4. The molecule has 4 N–H and O–H groups in total. The normalized spacial score (nSPS) is 15.6. The average molecular weight is 560 g/mol. The lowest BCUT2D eigenvalue weighted by atomic mass is 10.2. The van der Waals surface area contributed by atoms with Crippen molar-refractivity contribution in [2.24, 2.45) is 0 Å². The second-order valence-corrected chi connectivity index (χ2v) is 11.4. The Morgan fingerprint density at radius 3 is 2.68 bits per heavy atom. The molecule has 4 rings (SSSR count). The molecule has 2 heterocycles. The fraction of sp³-hybridized carbons (Fsp3) is 0.385. The minimum atomic E-state index is -3.75. The number of benzene rings is 2. The standard InChI is InChI=1S/C26H34ClN7O3S/c1-5-28-18-12-13-34(16-18)19-10-11-21(23(14-19)37-4)31-26-29-15-20(27)25(32-26)30-22-8-6-7-9-24(22)38(35,36)33-17(2)3/h6-11,14-15,17-18,28,33H,5,12-13,16H2,1-4H3,(H2,29,30,31,32). The van der Waals surface area contributed by atoms with Crippen LogP contribution >= 0.6 is 11.6 Å². The van der Waals surface area contributed by atoms with Gasteiger partial charge in [0.1, 0.15) is 15.7 Å². The van der Waals surface area contributed by atoms with Gasteiger partial charge in [-0.3, -0.25) is 0 Å². The predicted molar refractivity (Wildman–Crippen MR) is 153 cm³/mol. The van der Waals surface area contributed by atoms with Gasteiger partial charge in [0, 0.05) is 36.9 Å². The van der Waals surface area contributed by atoms with Crippen molar-refractivity contribution in [1.29, 1.82) is 0 Å². The first-order valence-corrected chi connectivity index (χ1v) is 14.4. The fourth-order valence-electron chi connectivity index (χ4n) is 4.37. The van der Waals surface area contributed by atoms with Crippen molar-refractivity contribution in [3.63, 3.8) is 0 Å². The van der Waals surface area contributed by atoms with Crippen LogP contribution in [0.4, 0.5) is 28.8 Å². The summed E-state index contributed by atoms with van der Waals surface area (Å²) in [5, 5.41) is 9.99. The molecule has 204 valence electrons. The number of sulfonamides is 1. The van der Waals surface area contributed by atoms with Crippen molar-refractivity contribution < 1.29 is 13.2 Å². The van der Waals surface area contributed by atoms with E-state index >= 15 is 0 Å². The van der Waals surface area contributed by atoms with Crippen LogP contribution in [0.15, 0.2) is 53.6 Å². The van der Waals surface area contributed by atoms with Crippen LogP contribution in [0.5, 0.6) is 5.75 Å². The Morgan fingerprint density at radius 1 is 1.16 bits per heavy atom. The Hall–Kier alpha value is -3.12. The fourth-order valence-corrected chi connectivity index (χ4v) is 5.92. The molecule has 2 aromatic carbocycles. The molecule has 38 heavy (non-hydrogen) atoms. The highest BCUT2D eigenvalue weighted by molar-refractivity contribution is 7.89. The molecule has 0 aliphatic carbocycles. The molecule has 1 saturated heterocycles. The molecule has 0 amide bonds. The number of methoxy groups -OCH3 is 1. The highest BCUT2D eigenvalue weighted by Crippen LogP contribution is 2.34. The van der Waals surface area contributed by atoms with E-state index in [0.29, 0.717) is 23.2 Å². The van der Waals surface area contributed by atoms with Crippen LogP contribution in [-0.4, -0.2) is 57.2 Å². The largest absolute Gasteiger partial charge is 0.494 e. The summed E-state index contributed by atoms with van der Waals surface area (Å²) in [4.78, 5) is 11.2. The number of nitrogens with zero attached hydrogens (tertiary/aromatic N) is 3. The molecule has 12 heteroatoms. The molecule has 0 radical (unpaired) electrons. The molecule has 3 aromatic rings. The number of anilines is 5. The van der Waals surface area contributed by atoms with Crippen LogP contribution in [0.1, 0.15) is 27.2 Å². The molecular weight excluding hydrogens is 526 g/mol. The van der Waals surface area contributed by atoms with Crippen molar-refractivity contribution in [3.05, 3.63) is 53.7 Å². The molecule has 1 aliphatic rings. The van der Waals surface area contributed by atoms with Crippen LogP contribution in [0.25, 0.3) is 0 Å². The van der Waals surface area contributed by atoms with E-state index in [1.165, 1.54) is 12.3 Å². The summed E-state index contributed by atoms with van der Waals surface area (Å²) in [6.07, 6.45) is 2.55. The molecule has 1 atom stereocenters. The van der Waals surface area contributed by atoms with Crippen LogP contribution in [0.2, 0.25) is 5.02 Å². The average Bonchev–Trinajstić information content (AvgIpc) is 3.34. The zero-order chi connectivity index (χ0) is 27.3. The first kappa shape index (κ1) is 27.9. The molecule has 10 nitrogen and oxygen atoms in total. The number of hydrogen-bond acceptors (Lipinski definition) is 9. The van der Waals surface area contributed by atoms with E-state index in [9.17, 15) is 8.42 Å². The summed E-state index contributed by atoms with van der Waals surface area (Å²) in [5.41, 5.74) is 2.12. The van der Waals surface area contributed by atoms with Gasteiger partial charge in [-0.1, -0.05) is 30.7 Å². The molecule has 1 aliphatic heterocycles. The van der Waals surface area contributed by atoms with Crippen molar-refractivity contribution >= 4 is 50.5 Å². The zero-order valence-corrected chi connectivity index (χ0v) is 23.5. The number of likely N-dealkylation sites (N-methyl/N-ethyl adjacent to an activating group) is 1. The first-order chi connectivity index (χ1) is 18.2. The minimum absolute atomic E-state index is 0.0911. The third-order valence-electron chi connectivity index (χ3n) is 6.04. The number of para-hydroxylation sites is 1. The molecule has 1 aromatic heterocycles. The van der Waals surface area contributed by atoms with Gasteiger partial charge in [-0.05, 0) is 51.1 Å². The molecule has 0 saturated carbocycles. The lowest BCUT2D eigenvalue weighted by Gasteiger charge is -2.21. The highest BCUT2D eigenvalue weighted by Gasteiger charge is 2.23. The second kappa shape index (κ2) is 12.2. The molecule has 1 unspecified atom stereocenters. The van der Waals surface area contributed by atoms with Gasteiger partial charge in [-0.15, -0.1) is 0 Å². The Morgan fingerprint density at radius 2 is 1.95 bits per heavy atom. The van der Waals surface area contributed by atoms with Gasteiger partial charge >= 0.3 is 0 Å². The Bertz CT molecular complexity index is 1370. The number of ether oxygens (including phenoxy) is 1. The maximum Gasteiger partial charge on any atom is 0.242 e. The molecule has 0 spiro atoms. The highest BCUT2D eigenvalue weighted by atomic mass is 35.5. The van der Waals surface area contributed by atoms with Gasteiger partial charge < -0.3 is 25.6 Å². The van der Waals surface area contributed by atoms with Crippen molar-refractivity contribution in [2.75, 3.05) is 42.3 Å². The van der Waals surface area contributed by atoms with Crippen molar-refractivity contribution in [3.8, 4) is 5.75 Å². The van der Waals surface area contributed by atoms with E-state index in [2.05, 4.69) is 42.5 Å². The van der Waals surface area contributed by atoms with E-state index in [0.717, 1.165) is 31.7 Å². The zero-order valence-electron chi connectivity index (χ0n) is 22.0. The quantitative estimate of drug-likeness (QED) is 0.269. The van der Waals surface area contributed by atoms with Gasteiger partial charge in [-0.2, -0.15) is 4.98 Å². The molecule has 1 fully saturated rings. The molecule has 0 bridgehead atoms. The van der Waals surface area contributed by atoms with Gasteiger partial charge in [0.2, 0.25) is 16.0 Å². The van der Waals surface area contributed by atoms with E-state index in [1.54, 1.807) is 39.2 Å². The lowest BCUT2D eigenvalue weighted by molar-refractivity contribution is 0.417. The summed E-state index contributed by atoms with van der Waals surface area (Å²) in [6, 6.07) is 12.8. The van der Waals surface area contributed by atoms with Crippen LogP contribution < -0.4 is 30.3 Å². The van der Waals surface area contributed by atoms with Crippen LogP contribution in [0, 0.1) is 0 Å². The number of aromatic nitrogens is 2. The SMILES string of the molecule is CCNC1CCN(c2ccc(Nc3ncc(Cl)c(Nc4ccccc4S(=O)(=O)NC(C)C)n3)c(OC)c2)C1. The maximum absolute atomic E-state index is 12.8. The molecular formula is C26H34ClN7O3S. The maximum atomic E-state index is 12.8. The van der Waals surface area contributed by atoms with E-state index in [-0.39, 0.29) is 27.7 Å². The van der Waals surface area contributed by atoms with Gasteiger partial charge in [-0.25, -0.2) is 18.1 Å². The first-order valence-electron chi connectivity index (χ1n) is 12.5. The smallest absolute Gasteiger partial charge is 0.242 e. The van der Waals surface area contributed by atoms with Gasteiger partial charge in [0.15, 0.2) is 5.82 Å². The van der Waals surface area contributed by atoms with Crippen LogP contribution in [0.3, 0.4) is 0 Å². The summed E-state index contributed by atoms with van der Waals surface area (Å²) in [7, 11) is -2.13. The van der Waals surface area contributed by atoms with Crippen molar-refractivity contribution in [2.45, 2.75) is 44.2 Å². The third kappa shape index (κ3) is 6.65. The monoisotopic (exact) mass is 559 g/mol. The number of halogens is 1. The van der Waals surface area contributed by atoms with E-state index in [1.807, 2.05) is 18.2 Å². The number of hydrogen-bond donors (Lipinski definition) is 4. The Kier molecular flexibility index (Phi) is 8.93. The second-order valence-electron chi connectivity index (χ2n) is 9.29. The minimum Gasteiger partial charge on any atom is -0.494 e. The van der Waals surface area contributed by atoms with E-state index in [4.69, 9.17) is 16.3 Å². The van der Waals surface area contributed by atoms with Gasteiger partial charge in [0.25, 0.3) is 0 Å².